The number of hydrogen-bond acceptors (Lipinski definition) is 4. The summed E-state index contributed by atoms with van der Waals surface area (Å²) in [7, 11) is 0. The Hall–Kier alpha value is -1.27. The Kier molecular flexibility index (Phi) is 3.54. The number of aromatic nitrogens is 3. The third-order valence-electron chi connectivity index (χ3n) is 2.21. The van der Waals surface area contributed by atoms with Crippen molar-refractivity contribution in [2.45, 2.75) is 17.8 Å². The first-order valence-electron chi connectivity index (χ1n) is 4.81. The van der Waals surface area contributed by atoms with Crippen LogP contribution in [0.5, 0.6) is 0 Å². The van der Waals surface area contributed by atoms with Gasteiger partial charge >= 0.3 is 0 Å². The molecular weight excluding hydrogens is 263 g/mol. The first-order valence-corrected chi connectivity index (χ1v) is 6.18. The Morgan fingerprint density at radius 1 is 1.47 bits per heavy atom. The van der Waals surface area contributed by atoms with E-state index in [0.717, 1.165) is 5.56 Å². The van der Waals surface area contributed by atoms with Crippen LogP contribution in [-0.4, -0.2) is 14.9 Å². The fourth-order valence-electron chi connectivity index (χ4n) is 1.23. The molecule has 0 atom stereocenters. The van der Waals surface area contributed by atoms with E-state index in [1.165, 1.54) is 28.6 Å². The SMILES string of the molecule is Cc1nnc(SCc2ccc(F)cc2Cl)n1N. The van der Waals surface area contributed by atoms with Gasteiger partial charge in [-0.3, -0.25) is 0 Å². The lowest BCUT2D eigenvalue weighted by Crippen LogP contribution is -2.11. The lowest BCUT2D eigenvalue weighted by atomic mass is 10.2. The maximum absolute atomic E-state index is 12.8. The molecule has 0 amide bonds. The molecule has 1 aromatic carbocycles. The standard InChI is InChI=1S/C10H10ClFN4S/c1-6-14-15-10(16(6)13)17-5-7-2-3-8(12)4-9(7)11/h2-4H,5,13H2,1H3. The summed E-state index contributed by atoms with van der Waals surface area (Å²) in [5.74, 6) is 6.56. The molecule has 2 N–H and O–H groups in total. The second-order valence-electron chi connectivity index (χ2n) is 3.42. The number of hydrogen-bond donors (Lipinski definition) is 1. The number of thioether (sulfide) groups is 1. The zero-order valence-electron chi connectivity index (χ0n) is 9.02. The average molecular weight is 273 g/mol. The molecule has 90 valence electrons. The predicted octanol–water partition coefficient (Wildman–Crippen LogP) is 2.39. The van der Waals surface area contributed by atoms with E-state index in [2.05, 4.69) is 10.2 Å². The van der Waals surface area contributed by atoms with Crippen molar-refractivity contribution in [3.63, 3.8) is 0 Å². The highest BCUT2D eigenvalue weighted by molar-refractivity contribution is 7.98. The van der Waals surface area contributed by atoms with Crippen molar-refractivity contribution in [2.24, 2.45) is 0 Å². The van der Waals surface area contributed by atoms with Crippen LogP contribution in [0, 0.1) is 12.7 Å². The highest BCUT2D eigenvalue weighted by Crippen LogP contribution is 2.25. The Morgan fingerprint density at radius 2 is 2.24 bits per heavy atom. The summed E-state index contributed by atoms with van der Waals surface area (Å²) >= 11 is 7.31. The topological polar surface area (TPSA) is 56.7 Å². The van der Waals surface area contributed by atoms with Crippen molar-refractivity contribution in [3.05, 3.63) is 40.4 Å². The molecule has 0 unspecified atom stereocenters. The molecule has 4 nitrogen and oxygen atoms in total. The van der Waals surface area contributed by atoms with Crippen LogP contribution in [-0.2, 0) is 5.75 Å². The molecule has 0 saturated carbocycles. The summed E-state index contributed by atoms with van der Waals surface area (Å²) in [6, 6.07) is 4.31. The molecule has 0 fully saturated rings. The van der Waals surface area contributed by atoms with Gasteiger partial charge in [0.15, 0.2) is 0 Å². The lowest BCUT2D eigenvalue weighted by Gasteiger charge is -2.04. The zero-order chi connectivity index (χ0) is 12.4. The average Bonchev–Trinajstić information content (AvgIpc) is 2.59. The highest BCUT2D eigenvalue weighted by atomic mass is 35.5. The summed E-state index contributed by atoms with van der Waals surface area (Å²) in [6.07, 6.45) is 0. The smallest absolute Gasteiger partial charge is 0.210 e. The molecule has 2 aromatic rings. The van der Waals surface area contributed by atoms with E-state index in [4.69, 9.17) is 17.4 Å². The molecule has 7 heteroatoms. The second-order valence-corrected chi connectivity index (χ2v) is 4.77. The molecule has 1 aromatic heterocycles. The quantitative estimate of drug-likeness (QED) is 0.688. The van der Waals surface area contributed by atoms with Gasteiger partial charge in [-0.25, -0.2) is 9.07 Å². The molecule has 0 bridgehead atoms. The largest absolute Gasteiger partial charge is 0.336 e. The Morgan fingerprint density at radius 3 is 2.82 bits per heavy atom. The zero-order valence-corrected chi connectivity index (χ0v) is 10.6. The summed E-state index contributed by atoms with van der Waals surface area (Å²) in [4.78, 5) is 0. The maximum atomic E-state index is 12.8. The lowest BCUT2D eigenvalue weighted by molar-refractivity contribution is 0.627. The van der Waals surface area contributed by atoms with Crippen LogP contribution in [0.4, 0.5) is 4.39 Å². The normalized spacial score (nSPS) is 10.8. The van der Waals surface area contributed by atoms with Gasteiger partial charge in [0.1, 0.15) is 11.6 Å². The Labute approximate surface area is 107 Å². The van der Waals surface area contributed by atoms with E-state index in [-0.39, 0.29) is 5.82 Å². The molecule has 0 aliphatic rings. The van der Waals surface area contributed by atoms with Crippen molar-refractivity contribution in [1.29, 1.82) is 0 Å². The van der Waals surface area contributed by atoms with Crippen LogP contribution in [0.15, 0.2) is 23.4 Å². The first kappa shape index (κ1) is 12.2. The van der Waals surface area contributed by atoms with E-state index in [1.807, 2.05) is 0 Å². The van der Waals surface area contributed by atoms with Gasteiger partial charge in [0.2, 0.25) is 5.16 Å². The van der Waals surface area contributed by atoms with E-state index in [1.54, 1.807) is 13.0 Å². The third-order valence-corrected chi connectivity index (χ3v) is 3.55. The molecule has 0 radical (unpaired) electrons. The number of nitrogens with zero attached hydrogens (tertiary/aromatic N) is 3. The molecule has 0 spiro atoms. The van der Waals surface area contributed by atoms with E-state index in [0.29, 0.717) is 21.8 Å². The molecular formula is C10H10ClFN4S. The van der Waals surface area contributed by atoms with Crippen LogP contribution in [0.1, 0.15) is 11.4 Å². The van der Waals surface area contributed by atoms with Crippen LogP contribution in [0.2, 0.25) is 5.02 Å². The minimum atomic E-state index is -0.346. The number of rotatable bonds is 3. The molecule has 0 aliphatic heterocycles. The molecule has 0 saturated heterocycles. The van der Waals surface area contributed by atoms with Gasteiger partial charge in [-0.1, -0.05) is 29.4 Å². The van der Waals surface area contributed by atoms with Gasteiger partial charge in [-0.05, 0) is 24.6 Å². The number of aryl methyl sites for hydroxylation is 1. The Bertz CT molecular complexity index is 543. The van der Waals surface area contributed by atoms with Crippen LogP contribution in [0.25, 0.3) is 0 Å². The molecule has 17 heavy (non-hydrogen) atoms. The summed E-state index contributed by atoms with van der Waals surface area (Å²) < 4.78 is 14.2. The van der Waals surface area contributed by atoms with Gasteiger partial charge < -0.3 is 5.84 Å². The van der Waals surface area contributed by atoms with Crippen LogP contribution in [0.3, 0.4) is 0 Å². The minimum Gasteiger partial charge on any atom is -0.336 e. The summed E-state index contributed by atoms with van der Waals surface area (Å²) in [5, 5.41) is 8.75. The fourth-order valence-corrected chi connectivity index (χ4v) is 2.45. The van der Waals surface area contributed by atoms with E-state index in [9.17, 15) is 4.39 Å². The van der Waals surface area contributed by atoms with E-state index < -0.39 is 0 Å². The monoisotopic (exact) mass is 272 g/mol. The van der Waals surface area contributed by atoms with Crippen LogP contribution >= 0.6 is 23.4 Å². The van der Waals surface area contributed by atoms with Crippen LogP contribution < -0.4 is 5.84 Å². The number of nitrogen functional groups attached to an aromatic ring is 1. The fraction of sp³-hybridized carbons (Fsp3) is 0.200. The second kappa shape index (κ2) is 4.93. The molecule has 1 heterocycles. The summed E-state index contributed by atoms with van der Waals surface area (Å²) in [6.45, 7) is 1.77. The number of benzene rings is 1. The summed E-state index contributed by atoms with van der Waals surface area (Å²) in [5.41, 5.74) is 0.832. The van der Waals surface area contributed by atoms with Crippen molar-refractivity contribution in [3.8, 4) is 0 Å². The highest BCUT2D eigenvalue weighted by Gasteiger charge is 2.08. The van der Waals surface area contributed by atoms with Crippen molar-refractivity contribution < 1.29 is 4.39 Å². The molecule has 0 aliphatic carbocycles. The number of nitrogens with two attached hydrogens (primary N) is 1. The van der Waals surface area contributed by atoms with Gasteiger partial charge in [0.05, 0.1) is 0 Å². The van der Waals surface area contributed by atoms with Crippen molar-refractivity contribution in [2.75, 3.05) is 5.84 Å². The van der Waals surface area contributed by atoms with Gasteiger partial charge in [0.25, 0.3) is 0 Å². The third kappa shape index (κ3) is 2.70. The van der Waals surface area contributed by atoms with Crippen molar-refractivity contribution in [1.82, 2.24) is 14.9 Å². The maximum Gasteiger partial charge on any atom is 0.210 e. The van der Waals surface area contributed by atoms with Gasteiger partial charge in [-0.2, -0.15) is 0 Å². The van der Waals surface area contributed by atoms with Crippen molar-refractivity contribution >= 4 is 23.4 Å². The molecule has 2 rings (SSSR count). The first-order chi connectivity index (χ1) is 8.08. The predicted molar refractivity (Wildman–Crippen MR) is 65.9 cm³/mol. The van der Waals surface area contributed by atoms with Gasteiger partial charge in [0, 0.05) is 10.8 Å². The Balaban J connectivity index is 2.10. The minimum absolute atomic E-state index is 0.346. The van der Waals surface area contributed by atoms with E-state index >= 15 is 0 Å². The number of halogens is 2. The van der Waals surface area contributed by atoms with Gasteiger partial charge in [-0.15, -0.1) is 10.2 Å².